The largest absolute Gasteiger partial charge is 0.507 e. The van der Waals surface area contributed by atoms with Gasteiger partial charge in [0.1, 0.15) is 11.5 Å². The molecule has 34 heavy (non-hydrogen) atoms. The number of aromatic hydroxyl groups is 2. The Hall–Kier alpha value is -3.68. The number of amides is 2. The molecule has 0 bridgehead atoms. The van der Waals surface area contributed by atoms with Crippen molar-refractivity contribution in [3.8, 4) is 11.5 Å². The first-order chi connectivity index (χ1) is 16.5. The molecule has 0 radical (unpaired) electrons. The molecule has 2 aromatic carbocycles. The van der Waals surface area contributed by atoms with Crippen LogP contribution in [0.1, 0.15) is 76.3 Å². The minimum Gasteiger partial charge on any atom is -0.507 e. The van der Waals surface area contributed by atoms with Gasteiger partial charge in [0.15, 0.2) is 0 Å². The molecule has 182 valence electrons. The SMILES string of the molecule is CCC(=NNC(=O)CCCCCCC(=O)NN=C(CC)c1ccccc1O)c1ccccc1O. The quantitative estimate of drug-likeness (QED) is 0.196. The first-order valence-electron chi connectivity index (χ1n) is 11.7. The summed E-state index contributed by atoms with van der Waals surface area (Å²) in [6.45, 7) is 3.82. The van der Waals surface area contributed by atoms with Crippen LogP contribution in [0.5, 0.6) is 11.5 Å². The van der Waals surface area contributed by atoms with Crippen molar-refractivity contribution in [3.63, 3.8) is 0 Å². The second kappa shape index (κ2) is 14.5. The van der Waals surface area contributed by atoms with Crippen LogP contribution in [0.25, 0.3) is 0 Å². The van der Waals surface area contributed by atoms with Crippen molar-refractivity contribution in [1.29, 1.82) is 0 Å². The van der Waals surface area contributed by atoms with E-state index < -0.39 is 0 Å². The number of carbonyl (C=O) groups is 2. The number of para-hydroxylation sites is 2. The van der Waals surface area contributed by atoms with Crippen LogP contribution in [0.2, 0.25) is 0 Å². The number of hydrogen-bond donors (Lipinski definition) is 4. The first kappa shape index (κ1) is 26.6. The molecule has 8 heteroatoms. The lowest BCUT2D eigenvalue weighted by Gasteiger charge is -2.07. The highest BCUT2D eigenvalue weighted by atomic mass is 16.3. The van der Waals surface area contributed by atoms with E-state index in [1.807, 2.05) is 26.0 Å². The number of nitrogens with zero attached hydrogens (tertiary/aromatic N) is 2. The van der Waals surface area contributed by atoms with E-state index in [9.17, 15) is 19.8 Å². The third-order valence-corrected chi connectivity index (χ3v) is 5.29. The summed E-state index contributed by atoms with van der Waals surface area (Å²) < 4.78 is 0. The summed E-state index contributed by atoms with van der Waals surface area (Å²) in [5, 5.41) is 28.2. The van der Waals surface area contributed by atoms with Crippen molar-refractivity contribution in [1.82, 2.24) is 10.9 Å². The Morgan fingerprint density at radius 3 is 1.41 bits per heavy atom. The Balaban J connectivity index is 1.65. The Labute approximate surface area is 200 Å². The molecule has 0 unspecified atom stereocenters. The van der Waals surface area contributed by atoms with Crippen LogP contribution in [-0.2, 0) is 9.59 Å². The summed E-state index contributed by atoms with van der Waals surface area (Å²) in [4.78, 5) is 24.1. The average Bonchev–Trinajstić information content (AvgIpc) is 2.84. The molecular weight excluding hydrogens is 432 g/mol. The number of hydrogen-bond acceptors (Lipinski definition) is 6. The van der Waals surface area contributed by atoms with Crippen molar-refractivity contribution in [3.05, 3.63) is 59.7 Å². The van der Waals surface area contributed by atoms with Crippen molar-refractivity contribution >= 4 is 23.2 Å². The van der Waals surface area contributed by atoms with Crippen LogP contribution in [-0.4, -0.2) is 33.5 Å². The van der Waals surface area contributed by atoms with E-state index in [0.717, 1.165) is 12.8 Å². The summed E-state index contributed by atoms with van der Waals surface area (Å²) in [6, 6.07) is 13.8. The zero-order valence-electron chi connectivity index (χ0n) is 19.9. The van der Waals surface area contributed by atoms with Gasteiger partial charge in [-0.25, -0.2) is 10.9 Å². The van der Waals surface area contributed by atoms with Gasteiger partial charge < -0.3 is 10.2 Å². The van der Waals surface area contributed by atoms with Gasteiger partial charge in [-0.2, -0.15) is 10.2 Å². The smallest absolute Gasteiger partial charge is 0.240 e. The van der Waals surface area contributed by atoms with Crippen LogP contribution in [0.15, 0.2) is 58.7 Å². The molecule has 2 rings (SSSR count). The molecule has 0 saturated carbocycles. The van der Waals surface area contributed by atoms with Crippen molar-refractivity contribution in [2.75, 3.05) is 0 Å². The third kappa shape index (κ3) is 8.69. The molecule has 0 aliphatic rings. The van der Waals surface area contributed by atoms with Gasteiger partial charge in [0.25, 0.3) is 0 Å². The zero-order chi connectivity index (χ0) is 24.8. The van der Waals surface area contributed by atoms with Crippen LogP contribution < -0.4 is 10.9 Å². The monoisotopic (exact) mass is 466 g/mol. The molecule has 0 atom stereocenters. The summed E-state index contributed by atoms with van der Waals surface area (Å²) in [5.41, 5.74) is 7.58. The van der Waals surface area contributed by atoms with Gasteiger partial charge in [-0.3, -0.25) is 9.59 Å². The highest BCUT2D eigenvalue weighted by Gasteiger charge is 2.09. The minimum absolute atomic E-state index is 0.135. The Morgan fingerprint density at radius 1 is 0.676 bits per heavy atom. The van der Waals surface area contributed by atoms with E-state index in [1.165, 1.54) is 0 Å². The number of rotatable bonds is 13. The third-order valence-electron chi connectivity index (χ3n) is 5.29. The molecule has 0 aliphatic heterocycles. The molecule has 0 saturated heterocycles. The van der Waals surface area contributed by atoms with Gasteiger partial charge in [0.2, 0.25) is 11.8 Å². The predicted octanol–water partition coefficient (Wildman–Crippen LogP) is 4.60. The van der Waals surface area contributed by atoms with Crippen LogP contribution in [0.4, 0.5) is 0 Å². The molecule has 0 fully saturated rings. The molecule has 0 heterocycles. The van der Waals surface area contributed by atoms with Gasteiger partial charge >= 0.3 is 0 Å². The fourth-order valence-corrected chi connectivity index (χ4v) is 3.39. The summed E-state index contributed by atoms with van der Waals surface area (Å²) in [6.07, 6.45) is 4.90. The minimum atomic E-state index is -0.176. The van der Waals surface area contributed by atoms with Gasteiger partial charge in [-0.15, -0.1) is 0 Å². The first-order valence-corrected chi connectivity index (χ1v) is 11.7. The number of carbonyl (C=O) groups excluding carboxylic acids is 2. The second-order valence-electron chi connectivity index (χ2n) is 7.84. The molecular formula is C26H34N4O4. The average molecular weight is 467 g/mol. The number of nitrogens with one attached hydrogen (secondary N) is 2. The van der Waals surface area contributed by atoms with Crippen LogP contribution >= 0.6 is 0 Å². The second-order valence-corrected chi connectivity index (χ2v) is 7.84. The van der Waals surface area contributed by atoms with E-state index in [-0.39, 0.29) is 23.3 Å². The van der Waals surface area contributed by atoms with Gasteiger partial charge in [-0.05, 0) is 49.9 Å². The summed E-state index contributed by atoms with van der Waals surface area (Å²) in [5.74, 6) is -0.0816. The maximum Gasteiger partial charge on any atom is 0.240 e. The van der Waals surface area contributed by atoms with E-state index in [2.05, 4.69) is 21.1 Å². The lowest BCUT2D eigenvalue weighted by atomic mass is 10.1. The molecule has 2 aromatic rings. The highest BCUT2D eigenvalue weighted by molar-refractivity contribution is 6.03. The Morgan fingerprint density at radius 2 is 1.06 bits per heavy atom. The Bertz CT molecular complexity index is 936. The number of phenolic OH excluding ortho intramolecular Hbond substituents is 2. The standard InChI is InChI=1S/C26H34N4O4/c1-3-21(19-13-9-11-15-23(19)31)27-29-25(33)17-7-5-6-8-18-26(34)30-28-22(4-2)20-14-10-12-16-24(20)32/h9-16,31-32H,3-8,17-18H2,1-2H3,(H,29,33)(H,30,34). The van der Waals surface area contributed by atoms with E-state index in [4.69, 9.17) is 0 Å². The topological polar surface area (TPSA) is 123 Å². The van der Waals surface area contributed by atoms with Crippen LogP contribution in [0, 0.1) is 0 Å². The molecule has 4 N–H and O–H groups in total. The van der Waals surface area contributed by atoms with Crippen molar-refractivity contribution in [2.24, 2.45) is 10.2 Å². The van der Waals surface area contributed by atoms with E-state index >= 15 is 0 Å². The predicted molar refractivity (Wildman–Crippen MR) is 134 cm³/mol. The Kier molecular flexibility index (Phi) is 11.3. The van der Waals surface area contributed by atoms with Gasteiger partial charge in [-0.1, -0.05) is 51.0 Å². The lowest BCUT2D eigenvalue weighted by molar-refractivity contribution is -0.122. The number of hydrazone groups is 2. The molecule has 0 spiro atoms. The van der Waals surface area contributed by atoms with Crippen molar-refractivity contribution in [2.45, 2.75) is 65.2 Å². The highest BCUT2D eigenvalue weighted by Crippen LogP contribution is 2.19. The van der Waals surface area contributed by atoms with Gasteiger partial charge in [0.05, 0.1) is 11.4 Å². The molecule has 0 aromatic heterocycles. The number of unbranched alkanes of at least 4 members (excludes halogenated alkanes) is 3. The number of benzene rings is 2. The fraction of sp³-hybridized carbons (Fsp3) is 0.385. The summed E-state index contributed by atoms with van der Waals surface area (Å²) in [7, 11) is 0. The molecule has 2 amide bonds. The maximum absolute atomic E-state index is 12.1. The van der Waals surface area contributed by atoms with E-state index in [0.29, 0.717) is 61.1 Å². The fourth-order valence-electron chi connectivity index (χ4n) is 3.39. The lowest BCUT2D eigenvalue weighted by Crippen LogP contribution is -2.20. The molecule has 8 nitrogen and oxygen atoms in total. The number of phenols is 2. The summed E-state index contributed by atoms with van der Waals surface area (Å²) >= 11 is 0. The van der Waals surface area contributed by atoms with Crippen LogP contribution in [0.3, 0.4) is 0 Å². The molecule has 0 aliphatic carbocycles. The zero-order valence-corrected chi connectivity index (χ0v) is 19.9. The van der Waals surface area contributed by atoms with Gasteiger partial charge in [0, 0.05) is 24.0 Å². The normalized spacial score (nSPS) is 11.8. The van der Waals surface area contributed by atoms with Crippen molar-refractivity contribution < 1.29 is 19.8 Å². The maximum atomic E-state index is 12.1. The van der Waals surface area contributed by atoms with E-state index in [1.54, 1.807) is 36.4 Å².